The van der Waals surface area contributed by atoms with Crippen LogP contribution >= 0.6 is 0 Å². The highest BCUT2D eigenvalue weighted by atomic mass is 28.3. The topological polar surface area (TPSA) is 46.5 Å². The minimum atomic E-state index is -1.56. The molecule has 0 amide bonds. The van der Waals surface area contributed by atoms with Crippen LogP contribution < -0.4 is 9.92 Å². The Kier molecular flexibility index (Phi) is 3.19. The highest BCUT2D eigenvalue weighted by Crippen LogP contribution is 2.19. The van der Waals surface area contributed by atoms with Crippen molar-refractivity contribution in [1.82, 2.24) is 0 Å². The number of carboxylic acid groups (broad SMARTS) is 1. The zero-order valence-electron chi connectivity index (χ0n) is 9.50. The van der Waals surface area contributed by atoms with Crippen molar-refractivity contribution in [2.24, 2.45) is 0 Å². The third-order valence-corrected chi connectivity index (χ3v) is 4.27. The summed E-state index contributed by atoms with van der Waals surface area (Å²) in [6.07, 6.45) is 0. The van der Waals surface area contributed by atoms with Crippen LogP contribution in [0.4, 0.5) is 0 Å². The summed E-state index contributed by atoms with van der Waals surface area (Å²) in [6.45, 7) is 6.49. The Balaban J connectivity index is 3.42. The Morgan fingerprint density at radius 1 is 1.33 bits per heavy atom. The second-order valence-corrected chi connectivity index (χ2v) is 9.48. The van der Waals surface area contributed by atoms with E-state index in [0.29, 0.717) is 5.75 Å². The standard InChI is InChI=1S/C11H16O3Si/c1-14-10-8(11(12)13)6-5-7-9(10)15(2,3)4/h5-7H,1-4H3,(H,12,13). The van der Waals surface area contributed by atoms with Gasteiger partial charge in [0.15, 0.2) is 0 Å². The molecule has 0 saturated heterocycles. The van der Waals surface area contributed by atoms with E-state index in [-0.39, 0.29) is 5.56 Å². The van der Waals surface area contributed by atoms with Crippen molar-refractivity contribution in [2.75, 3.05) is 7.11 Å². The van der Waals surface area contributed by atoms with Crippen molar-refractivity contribution in [1.29, 1.82) is 0 Å². The molecular formula is C11H16O3Si. The maximum atomic E-state index is 11.0. The van der Waals surface area contributed by atoms with Gasteiger partial charge < -0.3 is 9.84 Å². The fourth-order valence-corrected chi connectivity index (χ4v) is 3.03. The number of methoxy groups -OCH3 is 1. The first-order valence-electron chi connectivity index (χ1n) is 4.78. The molecule has 0 atom stereocenters. The van der Waals surface area contributed by atoms with Crippen LogP contribution in [0.25, 0.3) is 0 Å². The molecule has 15 heavy (non-hydrogen) atoms. The van der Waals surface area contributed by atoms with Crippen LogP contribution in [-0.2, 0) is 0 Å². The van der Waals surface area contributed by atoms with Crippen LogP contribution in [0.5, 0.6) is 5.75 Å². The third kappa shape index (κ3) is 2.39. The van der Waals surface area contributed by atoms with E-state index in [2.05, 4.69) is 19.6 Å². The van der Waals surface area contributed by atoms with Crippen molar-refractivity contribution in [3.05, 3.63) is 23.8 Å². The smallest absolute Gasteiger partial charge is 0.339 e. The van der Waals surface area contributed by atoms with Crippen LogP contribution in [0.3, 0.4) is 0 Å². The largest absolute Gasteiger partial charge is 0.496 e. The number of aromatic carboxylic acids is 1. The molecule has 0 aliphatic heterocycles. The molecule has 0 unspecified atom stereocenters. The van der Waals surface area contributed by atoms with Gasteiger partial charge in [-0.3, -0.25) is 0 Å². The van der Waals surface area contributed by atoms with Crippen molar-refractivity contribution in [3.8, 4) is 5.75 Å². The fourth-order valence-electron chi connectivity index (χ4n) is 1.52. The Bertz CT molecular complexity index is 380. The van der Waals surface area contributed by atoms with Gasteiger partial charge in [-0.1, -0.05) is 31.8 Å². The molecule has 0 spiro atoms. The summed E-state index contributed by atoms with van der Waals surface area (Å²) in [5.41, 5.74) is 0.248. The van der Waals surface area contributed by atoms with Crippen LogP contribution in [0.15, 0.2) is 18.2 Å². The maximum Gasteiger partial charge on any atom is 0.339 e. The maximum absolute atomic E-state index is 11.0. The van der Waals surface area contributed by atoms with Crippen LogP contribution in [-0.4, -0.2) is 26.3 Å². The molecule has 0 saturated carbocycles. The second kappa shape index (κ2) is 4.06. The number of ether oxygens (including phenoxy) is 1. The number of hydrogen-bond donors (Lipinski definition) is 1. The first-order valence-corrected chi connectivity index (χ1v) is 8.28. The van der Waals surface area contributed by atoms with Gasteiger partial charge in [0, 0.05) is 0 Å². The molecule has 1 aromatic carbocycles. The van der Waals surface area contributed by atoms with E-state index in [1.165, 1.54) is 7.11 Å². The summed E-state index contributed by atoms with van der Waals surface area (Å²) >= 11 is 0. The van der Waals surface area contributed by atoms with Gasteiger partial charge in [0.2, 0.25) is 0 Å². The lowest BCUT2D eigenvalue weighted by molar-refractivity contribution is 0.0693. The van der Waals surface area contributed by atoms with E-state index >= 15 is 0 Å². The lowest BCUT2D eigenvalue weighted by Gasteiger charge is -2.21. The molecule has 1 aromatic rings. The average molecular weight is 224 g/mol. The molecule has 0 radical (unpaired) electrons. The highest BCUT2D eigenvalue weighted by Gasteiger charge is 2.24. The first kappa shape index (κ1) is 11.8. The molecule has 4 heteroatoms. The van der Waals surface area contributed by atoms with E-state index in [4.69, 9.17) is 9.84 Å². The van der Waals surface area contributed by atoms with E-state index in [1.807, 2.05) is 6.07 Å². The molecule has 0 aromatic heterocycles. The SMILES string of the molecule is COc1c(C(=O)O)cccc1[Si](C)(C)C. The van der Waals surface area contributed by atoms with Crippen molar-refractivity contribution in [3.63, 3.8) is 0 Å². The fraction of sp³-hybridized carbons (Fsp3) is 0.364. The minimum Gasteiger partial charge on any atom is -0.496 e. The van der Waals surface area contributed by atoms with E-state index in [0.717, 1.165) is 5.19 Å². The summed E-state index contributed by atoms with van der Waals surface area (Å²) in [6, 6.07) is 5.31. The number of benzene rings is 1. The predicted octanol–water partition coefficient (Wildman–Crippen LogP) is 1.94. The summed E-state index contributed by atoms with van der Waals surface area (Å²) in [5.74, 6) is -0.420. The Labute approximate surface area is 90.7 Å². The van der Waals surface area contributed by atoms with E-state index in [1.54, 1.807) is 12.1 Å². The summed E-state index contributed by atoms with van der Waals surface area (Å²) in [5, 5.41) is 10.1. The lowest BCUT2D eigenvalue weighted by Crippen LogP contribution is -2.39. The predicted molar refractivity (Wildman–Crippen MR) is 62.9 cm³/mol. The summed E-state index contributed by atoms with van der Waals surface area (Å²) in [4.78, 5) is 11.0. The van der Waals surface area contributed by atoms with Gasteiger partial charge in [0.1, 0.15) is 11.3 Å². The van der Waals surface area contributed by atoms with Gasteiger partial charge in [-0.2, -0.15) is 0 Å². The summed E-state index contributed by atoms with van der Waals surface area (Å²) in [7, 11) is -0.0452. The number of para-hydroxylation sites is 1. The van der Waals surface area contributed by atoms with E-state index < -0.39 is 14.0 Å². The second-order valence-electron chi connectivity index (χ2n) is 4.44. The Morgan fingerprint density at radius 2 is 1.93 bits per heavy atom. The zero-order valence-corrected chi connectivity index (χ0v) is 10.5. The Morgan fingerprint density at radius 3 is 2.33 bits per heavy atom. The molecule has 3 nitrogen and oxygen atoms in total. The molecule has 0 bridgehead atoms. The molecule has 1 rings (SSSR count). The normalized spacial score (nSPS) is 11.2. The van der Waals surface area contributed by atoms with Gasteiger partial charge in [-0.05, 0) is 11.3 Å². The van der Waals surface area contributed by atoms with Crippen LogP contribution in [0, 0.1) is 0 Å². The van der Waals surface area contributed by atoms with Gasteiger partial charge in [0.25, 0.3) is 0 Å². The van der Waals surface area contributed by atoms with Gasteiger partial charge in [0.05, 0.1) is 15.2 Å². The number of rotatable bonds is 3. The molecule has 0 aliphatic rings. The van der Waals surface area contributed by atoms with Gasteiger partial charge >= 0.3 is 5.97 Å². The third-order valence-electron chi connectivity index (χ3n) is 2.26. The van der Waals surface area contributed by atoms with Gasteiger partial charge in [-0.25, -0.2) is 4.79 Å². The molecule has 0 heterocycles. The quantitative estimate of drug-likeness (QED) is 0.798. The van der Waals surface area contributed by atoms with Crippen LogP contribution in [0.2, 0.25) is 19.6 Å². The zero-order chi connectivity index (χ0) is 11.6. The first-order chi connectivity index (χ1) is 6.88. The van der Waals surface area contributed by atoms with Crippen molar-refractivity contribution in [2.45, 2.75) is 19.6 Å². The minimum absolute atomic E-state index is 0.248. The molecule has 1 N–H and O–H groups in total. The monoisotopic (exact) mass is 224 g/mol. The van der Waals surface area contributed by atoms with Gasteiger partial charge in [-0.15, -0.1) is 0 Å². The molecule has 82 valence electrons. The average Bonchev–Trinajstić information content (AvgIpc) is 2.15. The Hall–Kier alpha value is -1.29. The lowest BCUT2D eigenvalue weighted by atomic mass is 10.2. The molecule has 0 aliphatic carbocycles. The molecular weight excluding hydrogens is 208 g/mol. The number of carbonyl (C=O) groups is 1. The van der Waals surface area contributed by atoms with Crippen molar-refractivity contribution >= 4 is 19.2 Å². The van der Waals surface area contributed by atoms with E-state index in [9.17, 15) is 4.79 Å². The van der Waals surface area contributed by atoms with Crippen molar-refractivity contribution < 1.29 is 14.6 Å². The van der Waals surface area contributed by atoms with Crippen LogP contribution in [0.1, 0.15) is 10.4 Å². The summed E-state index contributed by atoms with van der Waals surface area (Å²) < 4.78 is 5.22. The molecule has 0 fully saturated rings. The number of carboxylic acids is 1. The number of hydrogen-bond acceptors (Lipinski definition) is 2. The highest BCUT2D eigenvalue weighted by molar-refractivity contribution is 6.89.